The molecule has 1 aliphatic rings. The third kappa shape index (κ3) is 2.60. The van der Waals surface area contributed by atoms with Gasteiger partial charge in [0.2, 0.25) is 0 Å². The van der Waals surface area contributed by atoms with Crippen molar-refractivity contribution >= 4 is 29.3 Å². The number of furan rings is 1. The second kappa shape index (κ2) is 5.63. The zero-order chi connectivity index (χ0) is 12.5. The number of carbonyl (C=O) groups is 1. The van der Waals surface area contributed by atoms with Gasteiger partial charge in [-0.3, -0.25) is 4.79 Å². The number of nitrogens with zero attached hydrogens (tertiary/aromatic N) is 1. The first-order valence-electron chi connectivity index (χ1n) is 6.26. The number of nitrogens with one attached hydrogen (secondary N) is 1. The Morgan fingerprint density at radius 1 is 1.42 bits per heavy atom. The molecule has 1 saturated heterocycles. The van der Waals surface area contributed by atoms with Crippen LogP contribution in [0.15, 0.2) is 34.7 Å². The number of piperazine rings is 1. The van der Waals surface area contributed by atoms with Gasteiger partial charge in [0.25, 0.3) is 5.91 Å². The highest BCUT2D eigenvalue weighted by atomic mass is 35.5. The molecule has 1 amide bonds. The molecule has 2 aromatic rings. The van der Waals surface area contributed by atoms with Crippen LogP contribution in [-0.4, -0.2) is 36.5 Å². The molecular formula is C14H17ClN2O2. The molecule has 0 spiro atoms. The molecule has 19 heavy (non-hydrogen) atoms. The number of hydrogen-bond donors (Lipinski definition) is 1. The largest absolute Gasteiger partial charge is 0.451 e. The van der Waals surface area contributed by atoms with Crippen LogP contribution in [0, 0.1) is 0 Å². The van der Waals surface area contributed by atoms with E-state index in [2.05, 4.69) is 5.32 Å². The maximum absolute atomic E-state index is 12.4. The highest BCUT2D eigenvalue weighted by molar-refractivity contribution is 5.96. The monoisotopic (exact) mass is 280 g/mol. The molecule has 5 heteroatoms. The Bertz CT molecular complexity index is 549. The molecule has 0 radical (unpaired) electrons. The fraction of sp³-hybridized carbons (Fsp3) is 0.357. The number of rotatable bonds is 1. The van der Waals surface area contributed by atoms with Gasteiger partial charge in [0.05, 0.1) is 0 Å². The molecule has 1 aromatic heterocycles. The predicted octanol–water partition coefficient (Wildman–Crippen LogP) is 2.29. The Morgan fingerprint density at radius 2 is 2.21 bits per heavy atom. The van der Waals surface area contributed by atoms with Crippen molar-refractivity contribution in [1.82, 2.24) is 10.2 Å². The number of fused-ring (bicyclic) bond motifs is 1. The minimum Gasteiger partial charge on any atom is -0.451 e. The lowest BCUT2D eigenvalue weighted by Gasteiger charge is -2.33. The van der Waals surface area contributed by atoms with E-state index in [0.29, 0.717) is 5.76 Å². The number of halogens is 1. The third-order valence-corrected chi connectivity index (χ3v) is 3.40. The molecular weight excluding hydrogens is 264 g/mol. The first-order valence-corrected chi connectivity index (χ1v) is 6.26. The van der Waals surface area contributed by atoms with Crippen LogP contribution in [0.3, 0.4) is 0 Å². The summed E-state index contributed by atoms with van der Waals surface area (Å²) >= 11 is 0. The molecule has 0 bridgehead atoms. The van der Waals surface area contributed by atoms with Crippen LogP contribution in [-0.2, 0) is 0 Å². The number of amides is 1. The molecule has 102 valence electrons. The van der Waals surface area contributed by atoms with Crippen LogP contribution < -0.4 is 5.32 Å². The van der Waals surface area contributed by atoms with Crippen LogP contribution in [0.4, 0.5) is 0 Å². The average molecular weight is 281 g/mol. The summed E-state index contributed by atoms with van der Waals surface area (Å²) in [5.41, 5.74) is 0.767. The highest BCUT2D eigenvalue weighted by Gasteiger charge is 2.26. The average Bonchev–Trinajstić information content (AvgIpc) is 2.82. The normalized spacial score (nSPS) is 19.2. The molecule has 0 saturated carbocycles. The van der Waals surface area contributed by atoms with Gasteiger partial charge in [0.15, 0.2) is 5.76 Å². The van der Waals surface area contributed by atoms with Crippen molar-refractivity contribution in [3.05, 3.63) is 36.1 Å². The zero-order valence-corrected chi connectivity index (χ0v) is 11.6. The van der Waals surface area contributed by atoms with Crippen LogP contribution in [0.5, 0.6) is 0 Å². The van der Waals surface area contributed by atoms with Crippen LogP contribution in [0.1, 0.15) is 17.5 Å². The fourth-order valence-corrected chi connectivity index (χ4v) is 2.37. The summed E-state index contributed by atoms with van der Waals surface area (Å²) in [5, 5.41) is 4.25. The fourth-order valence-electron chi connectivity index (χ4n) is 2.37. The molecule has 0 aliphatic carbocycles. The van der Waals surface area contributed by atoms with E-state index >= 15 is 0 Å². The van der Waals surface area contributed by atoms with Gasteiger partial charge >= 0.3 is 0 Å². The van der Waals surface area contributed by atoms with Gasteiger partial charge in [-0.15, -0.1) is 12.4 Å². The molecule has 3 rings (SSSR count). The molecule has 4 nitrogen and oxygen atoms in total. The summed E-state index contributed by atoms with van der Waals surface area (Å²) in [7, 11) is 0. The highest BCUT2D eigenvalue weighted by Crippen LogP contribution is 2.21. The van der Waals surface area contributed by atoms with Gasteiger partial charge in [0, 0.05) is 31.1 Å². The van der Waals surface area contributed by atoms with Crippen LogP contribution in [0.2, 0.25) is 0 Å². The predicted molar refractivity (Wildman–Crippen MR) is 76.8 cm³/mol. The minimum absolute atomic E-state index is 0. The van der Waals surface area contributed by atoms with E-state index in [4.69, 9.17) is 4.42 Å². The quantitative estimate of drug-likeness (QED) is 0.872. The second-order valence-corrected chi connectivity index (χ2v) is 4.70. The maximum Gasteiger partial charge on any atom is 0.289 e. The van der Waals surface area contributed by atoms with Crippen molar-refractivity contribution in [3.8, 4) is 0 Å². The second-order valence-electron chi connectivity index (χ2n) is 4.70. The summed E-state index contributed by atoms with van der Waals surface area (Å²) in [6.07, 6.45) is 0. The van der Waals surface area contributed by atoms with Crippen LogP contribution in [0.25, 0.3) is 11.0 Å². The van der Waals surface area contributed by atoms with Gasteiger partial charge in [-0.05, 0) is 19.1 Å². The molecule has 1 aliphatic heterocycles. The van der Waals surface area contributed by atoms with E-state index in [9.17, 15) is 4.79 Å². The Balaban J connectivity index is 0.00000133. The van der Waals surface area contributed by atoms with Gasteiger partial charge in [-0.25, -0.2) is 0 Å². The van der Waals surface area contributed by atoms with Crippen molar-refractivity contribution in [3.63, 3.8) is 0 Å². The number of carbonyl (C=O) groups excluding carboxylic acids is 1. The van der Waals surface area contributed by atoms with Crippen molar-refractivity contribution < 1.29 is 9.21 Å². The van der Waals surface area contributed by atoms with Crippen molar-refractivity contribution in [2.75, 3.05) is 19.6 Å². The zero-order valence-electron chi connectivity index (χ0n) is 10.8. The summed E-state index contributed by atoms with van der Waals surface area (Å²) in [4.78, 5) is 14.3. The Hall–Kier alpha value is -1.52. The van der Waals surface area contributed by atoms with Crippen molar-refractivity contribution in [2.24, 2.45) is 0 Å². The lowest BCUT2D eigenvalue weighted by atomic mass is 10.2. The minimum atomic E-state index is -0.0137. The van der Waals surface area contributed by atoms with E-state index in [1.54, 1.807) is 0 Å². The molecule has 1 N–H and O–H groups in total. The number of benzene rings is 1. The van der Waals surface area contributed by atoms with E-state index in [1.165, 1.54) is 0 Å². The van der Waals surface area contributed by atoms with E-state index < -0.39 is 0 Å². The maximum atomic E-state index is 12.4. The summed E-state index contributed by atoms with van der Waals surface area (Å²) < 4.78 is 5.62. The number of hydrogen-bond acceptors (Lipinski definition) is 3. The summed E-state index contributed by atoms with van der Waals surface area (Å²) in [6, 6.07) is 9.73. The molecule has 1 aromatic carbocycles. The van der Waals surface area contributed by atoms with Crippen molar-refractivity contribution in [2.45, 2.75) is 13.0 Å². The van der Waals surface area contributed by atoms with Crippen LogP contribution >= 0.6 is 12.4 Å². The lowest BCUT2D eigenvalue weighted by Crippen LogP contribution is -2.52. The smallest absolute Gasteiger partial charge is 0.289 e. The molecule has 1 atom stereocenters. The third-order valence-electron chi connectivity index (χ3n) is 3.40. The SMILES string of the molecule is C[C@@H]1CNCCN1C(=O)c1cc2ccccc2o1.Cl. The summed E-state index contributed by atoms with van der Waals surface area (Å²) in [6.45, 7) is 4.46. The van der Waals surface area contributed by atoms with Gasteiger partial charge in [-0.1, -0.05) is 18.2 Å². The van der Waals surface area contributed by atoms with Gasteiger partial charge in [-0.2, -0.15) is 0 Å². The Morgan fingerprint density at radius 3 is 2.95 bits per heavy atom. The van der Waals surface area contributed by atoms with Gasteiger partial charge in [0.1, 0.15) is 5.58 Å². The molecule has 1 fully saturated rings. The first-order chi connectivity index (χ1) is 8.75. The molecule has 0 unspecified atom stereocenters. The summed E-state index contributed by atoms with van der Waals surface area (Å²) in [5.74, 6) is 0.421. The van der Waals surface area contributed by atoms with E-state index in [-0.39, 0.29) is 24.4 Å². The Kier molecular flexibility index (Phi) is 4.12. The van der Waals surface area contributed by atoms with E-state index in [0.717, 1.165) is 30.6 Å². The number of para-hydroxylation sites is 1. The topological polar surface area (TPSA) is 45.5 Å². The molecule has 2 heterocycles. The lowest BCUT2D eigenvalue weighted by molar-refractivity contribution is 0.0625. The Labute approximate surface area is 118 Å². The van der Waals surface area contributed by atoms with Crippen molar-refractivity contribution in [1.29, 1.82) is 0 Å². The van der Waals surface area contributed by atoms with Gasteiger partial charge < -0.3 is 14.6 Å². The van der Waals surface area contributed by atoms with E-state index in [1.807, 2.05) is 42.2 Å². The standard InChI is InChI=1S/C14H16N2O2.ClH/c1-10-9-15-6-7-16(10)14(17)13-8-11-4-2-3-5-12(11)18-13;/h2-5,8,10,15H,6-7,9H2,1H3;1H/t10-;/m1./s1. The first kappa shape index (κ1) is 13.9.